The molecular formula is C15H26N2O4. The molecule has 2 heterocycles. The van der Waals surface area contributed by atoms with Gasteiger partial charge in [-0.25, -0.2) is 4.79 Å². The average Bonchev–Trinajstić information content (AvgIpc) is 2.54. The van der Waals surface area contributed by atoms with Gasteiger partial charge in [0.1, 0.15) is 0 Å². The minimum Gasteiger partial charge on any atom is -0.466 e. The van der Waals surface area contributed by atoms with Gasteiger partial charge >= 0.3 is 12.0 Å². The Bertz CT molecular complexity index is 356. The van der Waals surface area contributed by atoms with Crippen LogP contribution in [-0.2, 0) is 14.3 Å². The van der Waals surface area contributed by atoms with Crippen molar-refractivity contribution in [3.8, 4) is 0 Å². The van der Waals surface area contributed by atoms with E-state index in [1.165, 1.54) is 0 Å². The Labute approximate surface area is 126 Å². The fraction of sp³-hybridized carbons (Fsp3) is 0.867. The number of likely N-dealkylation sites (tertiary alicyclic amines) is 1. The second-order valence-corrected chi connectivity index (χ2v) is 5.78. The predicted octanol–water partition coefficient (Wildman–Crippen LogP) is 1.40. The van der Waals surface area contributed by atoms with Gasteiger partial charge in [0.25, 0.3) is 0 Å². The van der Waals surface area contributed by atoms with E-state index >= 15 is 0 Å². The zero-order valence-electron chi connectivity index (χ0n) is 12.8. The highest BCUT2D eigenvalue weighted by atomic mass is 16.5. The number of urea groups is 1. The van der Waals surface area contributed by atoms with Crippen molar-refractivity contribution in [2.24, 2.45) is 11.8 Å². The molecule has 0 spiro atoms. The summed E-state index contributed by atoms with van der Waals surface area (Å²) < 4.78 is 10.4. The van der Waals surface area contributed by atoms with Gasteiger partial charge in [0.05, 0.1) is 12.5 Å². The quantitative estimate of drug-likeness (QED) is 0.797. The minimum atomic E-state index is -0.181. The lowest BCUT2D eigenvalue weighted by atomic mass is 9.98. The smallest absolute Gasteiger partial charge is 0.317 e. The Kier molecular flexibility index (Phi) is 6.29. The highest BCUT2D eigenvalue weighted by molar-refractivity contribution is 5.77. The molecule has 0 radical (unpaired) electrons. The molecule has 120 valence electrons. The van der Waals surface area contributed by atoms with Crippen LogP contribution in [0.1, 0.15) is 32.6 Å². The number of nitrogens with zero attached hydrogens (tertiary/aromatic N) is 1. The Morgan fingerprint density at radius 2 is 2.05 bits per heavy atom. The maximum absolute atomic E-state index is 12.2. The highest BCUT2D eigenvalue weighted by Crippen LogP contribution is 2.18. The van der Waals surface area contributed by atoms with E-state index in [0.29, 0.717) is 25.6 Å². The molecule has 0 bridgehead atoms. The monoisotopic (exact) mass is 298 g/mol. The van der Waals surface area contributed by atoms with Gasteiger partial charge in [0.2, 0.25) is 0 Å². The van der Waals surface area contributed by atoms with E-state index in [0.717, 1.165) is 45.4 Å². The molecule has 1 atom stereocenters. The van der Waals surface area contributed by atoms with Gasteiger partial charge in [-0.3, -0.25) is 4.79 Å². The van der Waals surface area contributed by atoms with Gasteiger partial charge in [-0.2, -0.15) is 0 Å². The third-order valence-corrected chi connectivity index (χ3v) is 4.21. The van der Waals surface area contributed by atoms with E-state index in [9.17, 15) is 9.59 Å². The molecule has 0 aromatic carbocycles. The van der Waals surface area contributed by atoms with Crippen LogP contribution in [0.25, 0.3) is 0 Å². The number of carbonyl (C=O) groups excluding carboxylic acids is 2. The summed E-state index contributed by atoms with van der Waals surface area (Å²) in [4.78, 5) is 25.7. The first-order valence-corrected chi connectivity index (χ1v) is 7.98. The fourth-order valence-electron chi connectivity index (χ4n) is 2.91. The maximum Gasteiger partial charge on any atom is 0.317 e. The molecule has 1 unspecified atom stereocenters. The molecule has 0 saturated carbocycles. The molecule has 6 nitrogen and oxygen atoms in total. The molecule has 0 aromatic rings. The fourth-order valence-corrected chi connectivity index (χ4v) is 2.91. The van der Waals surface area contributed by atoms with E-state index in [4.69, 9.17) is 9.47 Å². The van der Waals surface area contributed by atoms with E-state index in [1.807, 2.05) is 0 Å². The Hall–Kier alpha value is -1.30. The van der Waals surface area contributed by atoms with Crippen molar-refractivity contribution in [3.63, 3.8) is 0 Å². The van der Waals surface area contributed by atoms with Gasteiger partial charge in [0, 0.05) is 32.8 Å². The van der Waals surface area contributed by atoms with Crippen LogP contribution in [0.2, 0.25) is 0 Å². The summed E-state index contributed by atoms with van der Waals surface area (Å²) >= 11 is 0. The lowest BCUT2D eigenvalue weighted by molar-refractivity contribution is -0.149. The number of ether oxygens (including phenoxy) is 2. The van der Waals surface area contributed by atoms with E-state index in [1.54, 1.807) is 11.8 Å². The van der Waals surface area contributed by atoms with Gasteiger partial charge in [-0.15, -0.1) is 0 Å². The first-order valence-electron chi connectivity index (χ1n) is 7.98. The lowest BCUT2D eigenvalue weighted by Gasteiger charge is -2.32. The molecule has 1 N–H and O–H groups in total. The Morgan fingerprint density at radius 1 is 1.29 bits per heavy atom. The summed E-state index contributed by atoms with van der Waals surface area (Å²) in [6, 6.07) is -0.0597. The van der Waals surface area contributed by atoms with Crippen LogP contribution in [0.15, 0.2) is 0 Å². The zero-order chi connectivity index (χ0) is 15.1. The molecule has 2 amide bonds. The van der Waals surface area contributed by atoms with Crippen LogP contribution < -0.4 is 5.32 Å². The van der Waals surface area contributed by atoms with Crippen molar-refractivity contribution in [2.45, 2.75) is 32.6 Å². The third kappa shape index (κ3) is 4.88. The highest BCUT2D eigenvalue weighted by Gasteiger charge is 2.29. The molecule has 2 saturated heterocycles. The van der Waals surface area contributed by atoms with Crippen molar-refractivity contribution in [1.82, 2.24) is 10.2 Å². The lowest BCUT2D eigenvalue weighted by Crippen LogP contribution is -2.48. The third-order valence-electron chi connectivity index (χ3n) is 4.21. The number of hydrogen-bond acceptors (Lipinski definition) is 4. The number of hydrogen-bond donors (Lipinski definition) is 1. The summed E-state index contributed by atoms with van der Waals surface area (Å²) in [6.45, 7) is 5.66. The van der Waals surface area contributed by atoms with Crippen molar-refractivity contribution in [3.05, 3.63) is 0 Å². The van der Waals surface area contributed by atoms with E-state index < -0.39 is 0 Å². The molecule has 2 aliphatic heterocycles. The first-order chi connectivity index (χ1) is 10.2. The summed E-state index contributed by atoms with van der Waals surface area (Å²) in [5, 5.41) is 2.99. The summed E-state index contributed by atoms with van der Waals surface area (Å²) in [6.07, 6.45) is 3.67. The predicted molar refractivity (Wildman–Crippen MR) is 77.9 cm³/mol. The van der Waals surface area contributed by atoms with Gasteiger partial charge in [0.15, 0.2) is 0 Å². The molecule has 6 heteroatoms. The number of piperidine rings is 1. The SMILES string of the molecule is CCOC(=O)C1CCCN(C(=O)NCC2CCOCC2)C1. The van der Waals surface area contributed by atoms with Crippen molar-refractivity contribution < 1.29 is 19.1 Å². The second kappa shape index (κ2) is 8.22. The van der Waals surface area contributed by atoms with Crippen LogP contribution in [0, 0.1) is 11.8 Å². The molecule has 2 fully saturated rings. The molecule has 2 rings (SSSR count). The number of amides is 2. The van der Waals surface area contributed by atoms with E-state index in [-0.39, 0.29) is 17.9 Å². The van der Waals surface area contributed by atoms with Crippen molar-refractivity contribution in [2.75, 3.05) is 39.5 Å². The van der Waals surface area contributed by atoms with Crippen LogP contribution >= 0.6 is 0 Å². The number of carbonyl (C=O) groups is 2. The molecule has 2 aliphatic rings. The first kappa shape index (κ1) is 16.1. The number of rotatable bonds is 4. The minimum absolute atomic E-state index is 0.0597. The standard InChI is InChI=1S/C15H26N2O4/c1-2-21-14(18)13-4-3-7-17(11-13)15(19)16-10-12-5-8-20-9-6-12/h12-13H,2-11H2,1H3,(H,16,19). The molecule has 0 aromatic heterocycles. The van der Waals surface area contributed by atoms with Gasteiger partial charge in [-0.05, 0) is 38.5 Å². The number of nitrogens with one attached hydrogen (secondary N) is 1. The van der Waals surface area contributed by atoms with Gasteiger partial charge < -0.3 is 19.7 Å². The maximum atomic E-state index is 12.2. The van der Waals surface area contributed by atoms with Crippen LogP contribution in [0.3, 0.4) is 0 Å². The normalized spacial score (nSPS) is 23.7. The second-order valence-electron chi connectivity index (χ2n) is 5.78. The number of esters is 1. The molecule has 21 heavy (non-hydrogen) atoms. The van der Waals surface area contributed by atoms with Crippen LogP contribution in [-0.4, -0.2) is 56.4 Å². The largest absolute Gasteiger partial charge is 0.466 e. The van der Waals surface area contributed by atoms with Crippen molar-refractivity contribution in [1.29, 1.82) is 0 Å². The summed E-state index contributed by atoms with van der Waals surface area (Å²) in [5.74, 6) is 0.153. The Balaban J connectivity index is 1.74. The Morgan fingerprint density at radius 3 is 2.76 bits per heavy atom. The molecular weight excluding hydrogens is 272 g/mol. The van der Waals surface area contributed by atoms with E-state index in [2.05, 4.69) is 5.32 Å². The van der Waals surface area contributed by atoms with Gasteiger partial charge in [-0.1, -0.05) is 0 Å². The van der Waals surface area contributed by atoms with Crippen LogP contribution in [0.5, 0.6) is 0 Å². The summed E-state index contributed by atoms with van der Waals surface area (Å²) in [7, 11) is 0. The van der Waals surface area contributed by atoms with Crippen molar-refractivity contribution >= 4 is 12.0 Å². The van der Waals surface area contributed by atoms with Crippen LogP contribution in [0.4, 0.5) is 4.79 Å². The topological polar surface area (TPSA) is 67.9 Å². The summed E-state index contributed by atoms with van der Waals surface area (Å²) in [5.41, 5.74) is 0. The zero-order valence-corrected chi connectivity index (χ0v) is 12.8. The average molecular weight is 298 g/mol. The molecule has 0 aliphatic carbocycles.